The third kappa shape index (κ3) is 1.78. The lowest BCUT2D eigenvalue weighted by Gasteiger charge is -2.19. The molecule has 0 bridgehead atoms. The molecule has 0 heterocycles. The number of ketones is 2. The Balaban J connectivity index is 2.67. The molecule has 2 aliphatic carbocycles. The molecular weight excluding hydrogens is 260 g/mol. The van der Waals surface area contributed by atoms with E-state index >= 15 is 0 Å². The lowest BCUT2D eigenvalue weighted by Crippen LogP contribution is -2.36. The Morgan fingerprint density at radius 2 is 2.00 bits per heavy atom. The Hall–Kier alpha value is -2.15. The smallest absolute Gasteiger partial charge is 0.307 e. The molecule has 0 saturated carbocycles. The summed E-state index contributed by atoms with van der Waals surface area (Å²) in [6, 6.07) is 0. The first kappa shape index (κ1) is 12.3. The number of nitrogens with zero attached hydrogens (tertiary/aromatic N) is 2. The van der Waals surface area contributed by atoms with Gasteiger partial charge in [-0.1, -0.05) is 12.2 Å². The van der Waals surface area contributed by atoms with Gasteiger partial charge in [0.05, 0.1) is 0 Å². The average molecular weight is 266 g/mol. The minimum atomic E-state index is -4.76. The van der Waals surface area contributed by atoms with Gasteiger partial charge in [-0.25, -0.2) is 0 Å². The fourth-order valence-corrected chi connectivity index (χ4v) is 2.43. The van der Waals surface area contributed by atoms with Crippen molar-refractivity contribution in [3.05, 3.63) is 40.3 Å². The lowest BCUT2D eigenvalue weighted by atomic mass is 9.80. The second-order valence-corrected chi connectivity index (χ2v) is 5.04. The monoisotopic (exact) mass is 266 g/mol. The van der Waals surface area contributed by atoms with E-state index in [9.17, 15) is 18.0 Å². The second-order valence-electron chi connectivity index (χ2n) is 3.65. The topological polar surface area (TPSA) is 125 Å². The molecule has 2 aliphatic rings. The van der Waals surface area contributed by atoms with Crippen molar-refractivity contribution >= 4 is 27.4 Å². The van der Waals surface area contributed by atoms with Crippen LogP contribution in [0.4, 0.5) is 0 Å². The van der Waals surface area contributed by atoms with Crippen molar-refractivity contribution in [2.24, 2.45) is 5.92 Å². The highest BCUT2D eigenvalue weighted by atomic mass is 32.2. The first-order valence-electron chi connectivity index (χ1n) is 4.74. The third-order valence-corrected chi connectivity index (χ3v) is 3.45. The Morgan fingerprint density at radius 1 is 1.33 bits per heavy atom. The van der Waals surface area contributed by atoms with E-state index in [4.69, 9.17) is 10.1 Å². The van der Waals surface area contributed by atoms with E-state index < -0.39 is 32.5 Å². The van der Waals surface area contributed by atoms with Crippen molar-refractivity contribution < 1.29 is 27.3 Å². The summed E-state index contributed by atoms with van der Waals surface area (Å²) >= 11 is 0. The van der Waals surface area contributed by atoms with E-state index in [0.29, 0.717) is 6.08 Å². The molecular formula is C10H6N2O5S. The molecule has 0 aromatic carbocycles. The van der Waals surface area contributed by atoms with E-state index in [0.717, 1.165) is 0 Å². The first-order valence-corrected chi connectivity index (χ1v) is 6.18. The van der Waals surface area contributed by atoms with E-state index in [-0.39, 0.29) is 11.3 Å². The van der Waals surface area contributed by atoms with E-state index in [1.165, 1.54) is 18.2 Å². The van der Waals surface area contributed by atoms with Crippen molar-refractivity contribution in [1.82, 2.24) is 0 Å². The van der Waals surface area contributed by atoms with Gasteiger partial charge in [-0.15, -0.1) is 0 Å². The van der Waals surface area contributed by atoms with E-state index in [1.54, 1.807) is 0 Å². The quantitative estimate of drug-likeness (QED) is 0.396. The van der Waals surface area contributed by atoms with Gasteiger partial charge in [0.25, 0.3) is 10.1 Å². The van der Waals surface area contributed by atoms with Gasteiger partial charge in [-0.2, -0.15) is 13.2 Å². The molecule has 1 N–H and O–H groups in total. The summed E-state index contributed by atoms with van der Waals surface area (Å²) in [5.74, 6) is -2.85. The van der Waals surface area contributed by atoms with Crippen LogP contribution in [-0.2, 0) is 19.7 Å². The summed E-state index contributed by atoms with van der Waals surface area (Å²) in [4.78, 5) is 25.5. The van der Waals surface area contributed by atoms with Gasteiger partial charge in [-0.3, -0.25) is 14.1 Å². The summed E-state index contributed by atoms with van der Waals surface area (Å²) in [5, 5.41) is 0. The SMILES string of the molecule is [N-]=[N+]=C1C=CC=C2C(=O)C(S(=O)(=O)O)=CC(=O)C21. The highest BCUT2D eigenvalue weighted by molar-refractivity contribution is 7.91. The standard InChI is InChI=1S/C10H6N2O5S/c11-12-6-3-1-2-5-9(6)7(13)4-8(10(5)14)18(15,16)17/h1-4,9H,(H,15,16,17). The molecule has 0 aromatic heterocycles. The van der Waals surface area contributed by atoms with Gasteiger partial charge in [-0.05, 0) is 0 Å². The van der Waals surface area contributed by atoms with Crippen molar-refractivity contribution in [1.29, 1.82) is 0 Å². The molecule has 0 saturated heterocycles. The maximum Gasteiger partial charge on any atom is 0.307 e. The number of rotatable bonds is 1. The number of carbonyl (C=O) groups is 2. The Morgan fingerprint density at radius 3 is 2.56 bits per heavy atom. The maximum atomic E-state index is 11.8. The summed E-state index contributed by atoms with van der Waals surface area (Å²) in [5.41, 5.74) is 8.51. The van der Waals surface area contributed by atoms with Gasteiger partial charge in [0.15, 0.2) is 11.7 Å². The fraction of sp³-hybridized carbons (Fsp3) is 0.100. The highest BCUT2D eigenvalue weighted by Gasteiger charge is 2.44. The zero-order valence-electron chi connectivity index (χ0n) is 8.77. The van der Waals surface area contributed by atoms with Crippen molar-refractivity contribution in [3.8, 4) is 0 Å². The third-order valence-electron chi connectivity index (χ3n) is 2.59. The molecule has 2 rings (SSSR count). The zero-order valence-corrected chi connectivity index (χ0v) is 9.59. The van der Waals surface area contributed by atoms with Crippen molar-refractivity contribution in [2.45, 2.75) is 0 Å². The van der Waals surface area contributed by atoms with Gasteiger partial charge in [0, 0.05) is 17.7 Å². The van der Waals surface area contributed by atoms with E-state index in [1.807, 2.05) is 0 Å². The molecule has 92 valence electrons. The van der Waals surface area contributed by atoms with E-state index in [2.05, 4.69) is 4.79 Å². The molecule has 18 heavy (non-hydrogen) atoms. The number of allylic oxidation sites excluding steroid dienone is 6. The van der Waals surface area contributed by atoms with Crippen LogP contribution in [0.5, 0.6) is 0 Å². The largest absolute Gasteiger partial charge is 0.361 e. The van der Waals surface area contributed by atoms with Crippen LogP contribution in [0.25, 0.3) is 5.53 Å². The number of hydrogen-bond acceptors (Lipinski definition) is 4. The molecule has 0 radical (unpaired) electrons. The molecule has 0 fully saturated rings. The molecule has 1 atom stereocenters. The van der Waals surface area contributed by atoms with Crippen LogP contribution in [0, 0.1) is 5.92 Å². The Kier molecular flexibility index (Phi) is 2.70. The van der Waals surface area contributed by atoms with Gasteiger partial charge < -0.3 is 5.53 Å². The lowest BCUT2D eigenvalue weighted by molar-refractivity contribution is -0.120. The van der Waals surface area contributed by atoms with Crippen LogP contribution < -0.4 is 0 Å². The number of fused-ring (bicyclic) bond motifs is 1. The molecule has 8 heteroatoms. The van der Waals surface area contributed by atoms with Crippen molar-refractivity contribution in [3.63, 3.8) is 0 Å². The number of carbonyl (C=O) groups excluding carboxylic acids is 2. The minimum Gasteiger partial charge on any atom is -0.361 e. The molecule has 0 aliphatic heterocycles. The summed E-state index contributed by atoms with van der Waals surface area (Å²) < 4.78 is 30.8. The Labute approximate surface area is 101 Å². The maximum absolute atomic E-state index is 11.8. The second kappa shape index (κ2) is 3.95. The Bertz CT molecular complexity index is 705. The predicted octanol–water partition coefficient (Wildman–Crippen LogP) is -0.307. The van der Waals surface area contributed by atoms with Crippen LogP contribution in [0.1, 0.15) is 0 Å². The molecule has 0 spiro atoms. The summed E-state index contributed by atoms with van der Waals surface area (Å²) in [7, 11) is -4.76. The normalized spacial score (nSPS) is 23.2. The van der Waals surface area contributed by atoms with Gasteiger partial charge >= 0.3 is 5.71 Å². The average Bonchev–Trinajstić information content (AvgIpc) is 2.31. The number of Topliss-reactive ketones (excluding diaryl/α,β-unsaturated/α-hetero) is 1. The van der Waals surface area contributed by atoms with Crippen LogP contribution in [0.3, 0.4) is 0 Å². The summed E-state index contributed by atoms with van der Waals surface area (Å²) in [6.45, 7) is 0. The highest BCUT2D eigenvalue weighted by Crippen LogP contribution is 2.29. The zero-order chi connectivity index (χ0) is 13.5. The summed E-state index contributed by atoms with van der Waals surface area (Å²) in [6.07, 6.45) is 4.46. The number of hydrogen-bond donors (Lipinski definition) is 1. The van der Waals surface area contributed by atoms with Crippen molar-refractivity contribution in [2.75, 3.05) is 0 Å². The van der Waals surface area contributed by atoms with Crippen LogP contribution in [-0.4, -0.2) is 35.0 Å². The minimum absolute atomic E-state index is 0.0588. The van der Waals surface area contributed by atoms with Gasteiger partial charge in [0.2, 0.25) is 5.78 Å². The van der Waals surface area contributed by atoms with Crippen LogP contribution in [0.15, 0.2) is 34.8 Å². The molecule has 0 aromatic rings. The fourth-order valence-electron chi connectivity index (χ4n) is 1.81. The van der Waals surface area contributed by atoms with Crippen LogP contribution >= 0.6 is 0 Å². The van der Waals surface area contributed by atoms with Gasteiger partial charge in [0.1, 0.15) is 4.91 Å². The molecule has 1 unspecified atom stereocenters. The predicted molar refractivity (Wildman–Crippen MR) is 59.0 cm³/mol. The van der Waals surface area contributed by atoms with Crippen LogP contribution in [0.2, 0.25) is 0 Å². The molecule has 0 amide bonds. The molecule has 7 nitrogen and oxygen atoms in total. The first-order chi connectivity index (χ1) is 8.36.